The van der Waals surface area contributed by atoms with Crippen LogP contribution in [0, 0.1) is 11.3 Å². The summed E-state index contributed by atoms with van der Waals surface area (Å²) in [5, 5.41) is 14.0. The first-order chi connectivity index (χ1) is 14.4. The average Bonchev–Trinajstić information content (AvgIpc) is 3.37. The second-order valence-corrected chi connectivity index (χ2v) is 7.43. The van der Waals surface area contributed by atoms with E-state index in [1.165, 1.54) is 11.3 Å². The molecule has 2 aromatic rings. The molecule has 0 saturated heterocycles. The molecule has 9 heteroatoms. The number of carbonyl (C=O) groups excluding carboxylic acids is 3. The molecule has 1 aromatic carbocycles. The third-order valence-electron chi connectivity index (χ3n) is 4.58. The Morgan fingerprint density at radius 3 is 2.33 bits per heavy atom. The quantitative estimate of drug-likeness (QED) is 0.413. The number of thiophene rings is 1. The number of rotatable bonds is 7. The standard InChI is InChI=1S/C21H20N4O4S/c1-24-15-6-3-4-7-16(15)25(2)21(24)14(12-22)17(26)13-29-19(27)9-10-23-20(28)18-8-5-11-30-18/h3-8,11H,9-10,13H2,1-2H3,(H,23,28). The highest BCUT2D eigenvalue weighted by molar-refractivity contribution is 7.12. The van der Waals surface area contributed by atoms with Crippen LogP contribution in [0.5, 0.6) is 0 Å². The Bertz CT molecular complexity index is 1010. The topological polar surface area (TPSA) is 103 Å². The first-order valence-electron chi connectivity index (χ1n) is 9.15. The molecule has 8 nitrogen and oxygen atoms in total. The first kappa shape index (κ1) is 21.1. The van der Waals surface area contributed by atoms with Gasteiger partial charge in [-0.25, -0.2) is 0 Å². The normalized spacial score (nSPS) is 12.2. The summed E-state index contributed by atoms with van der Waals surface area (Å²) in [6.45, 7) is -0.446. The van der Waals surface area contributed by atoms with Crippen LogP contribution in [0.1, 0.15) is 16.1 Å². The van der Waals surface area contributed by atoms with Crippen molar-refractivity contribution >= 4 is 40.4 Å². The van der Waals surface area contributed by atoms with E-state index in [1.54, 1.807) is 41.4 Å². The Labute approximate surface area is 178 Å². The van der Waals surface area contributed by atoms with Gasteiger partial charge in [0.25, 0.3) is 5.91 Å². The lowest BCUT2D eigenvalue weighted by molar-refractivity contribution is -0.146. The summed E-state index contributed by atoms with van der Waals surface area (Å²) in [6, 6.07) is 12.9. The molecule has 0 radical (unpaired) electrons. The second kappa shape index (κ2) is 9.24. The van der Waals surface area contributed by atoms with Gasteiger partial charge in [0.05, 0.1) is 22.7 Å². The van der Waals surface area contributed by atoms with Gasteiger partial charge in [0.2, 0.25) is 5.78 Å². The highest BCUT2D eigenvalue weighted by Crippen LogP contribution is 2.40. The molecular formula is C21H20N4O4S. The molecule has 0 spiro atoms. The molecule has 1 aromatic heterocycles. The van der Waals surface area contributed by atoms with Crippen molar-refractivity contribution in [1.29, 1.82) is 5.26 Å². The summed E-state index contributed by atoms with van der Waals surface area (Å²) in [5.74, 6) is -1.05. The van der Waals surface area contributed by atoms with E-state index in [4.69, 9.17) is 4.74 Å². The van der Waals surface area contributed by atoms with Gasteiger partial charge in [-0.05, 0) is 23.6 Å². The second-order valence-electron chi connectivity index (χ2n) is 6.48. The SMILES string of the molecule is CN1C(=C(C#N)C(=O)COC(=O)CCNC(=O)c2cccs2)N(C)c2ccccc21. The van der Waals surface area contributed by atoms with Gasteiger partial charge in [0.15, 0.2) is 6.61 Å². The Morgan fingerprint density at radius 2 is 1.77 bits per heavy atom. The summed E-state index contributed by atoms with van der Waals surface area (Å²) >= 11 is 1.30. The van der Waals surface area contributed by atoms with Gasteiger partial charge in [0.1, 0.15) is 17.5 Å². The number of nitrogens with one attached hydrogen (secondary N) is 1. The number of anilines is 2. The van der Waals surface area contributed by atoms with Crippen molar-refractivity contribution < 1.29 is 19.1 Å². The maximum atomic E-state index is 12.6. The largest absolute Gasteiger partial charge is 0.457 e. The lowest BCUT2D eigenvalue weighted by atomic mass is 10.2. The lowest BCUT2D eigenvalue weighted by Gasteiger charge is -2.19. The summed E-state index contributed by atoms with van der Waals surface area (Å²) in [4.78, 5) is 40.4. The van der Waals surface area contributed by atoms with Crippen LogP contribution in [0.2, 0.25) is 0 Å². The summed E-state index contributed by atoms with van der Waals surface area (Å²) < 4.78 is 5.01. The predicted octanol–water partition coefficient (Wildman–Crippen LogP) is 2.30. The number of Topliss-reactive ketones (excluding diaryl/α,β-unsaturated/α-hetero) is 1. The number of ketones is 1. The zero-order valence-electron chi connectivity index (χ0n) is 16.5. The van der Waals surface area contributed by atoms with E-state index in [0.29, 0.717) is 10.7 Å². The molecule has 0 aliphatic carbocycles. The third-order valence-corrected chi connectivity index (χ3v) is 5.45. The van der Waals surface area contributed by atoms with Crippen LogP contribution in [0.25, 0.3) is 0 Å². The maximum absolute atomic E-state index is 12.6. The van der Waals surface area contributed by atoms with E-state index in [0.717, 1.165) is 11.4 Å². The number of fused-ring (bicyclic) bond motifs is 1. The van der Waals surface area contributed by atoms with Gasteiger partial charge < -0.3 is 19.9 Å². The van der Waals surface area contributed by atoms with Crippen molar-refractivity contribution in [3.8, 4) is 6.07 Å². The van der Waals surface area contributed by atoms with E-state index >= 15 is 0 Å². The molecule has 30 heavy (non-hydrogen) atoms. The Balaban J connectivity index is 1.56. The molecule has 1 amide bonds. The number of nitriles is 1. The van der Waals surface area contributed by atoms with Crippen molar-refractivity contribution in [1.82, 2.24) is 5.32 Å². The van der Waals surface area contributed by atoms with Gasteiger partial charge in [0, 0.05) is 20.6 Å². The number of carbonyl (C=O) groups is 3. The summed E-state index contributed by atoms with van der Waals surface area (Å²) in [7, 11) is 3.54. The van der Waals surface area contributed by atoms with Crippen molar-refractivity contribution in [2.45, 2.75) is 6.42 Å². The van der Waals surface area contributed by atoms with E-state index < -0.39 is 18.4 Å². The number of nitrogens with zero attached hydrogens (tertiary/aromatic N) is 3. The number of ether oxygens (including phenoxy) is 1. The number of benzene rings is 1. The van der Waals surface area contributed by atoms with Crippen molar-refractivity contribution in [3.05, 3.63) is 58.0 Å². The number of esters is 1. The van der Waals surface area contributed by atoms with Crippen molar-refractivity contribution in [3.63, 3.8) is 0 Å². The molecule has 3 rings (SSSR count). The van der Waals surface area contributed by atoms with E-state index in [2.05, 4.69) is 5.32 Å². The van der Waals surface area contributed by atoms with Crippen LogP contribution in [0.15, 0.2) is 53.2 Å². The average molecular weight is 424 g/mol. The van der Waals surface area contributed by atoms with Crippen molar-refractivity contribution in [2.75, 3.05) is 37.0 Å². The van der Waals surface area contributed by atoms with E-state index in [1.807, 2.05) is 30.3 Å². The maximum Gasteiger partial charge on any atom is 0.308 e. The highest BCUT2D eigenvalue weighted by Gasteiger charge is 2.31. The molecule has 0 fully saturated rings. The number of para-hydroxylation sites is 2. The van der Waals surface area contributed by atoms with Crippen LogP contribution >= 0.6 is 11.3 Å². The third kappa shape index (κ3) is 4.34. The van der Waals surface area contributed by atoms with Crippen LogP contribution in [-0.4, -0.2) is 44.9 Å². The molecule has 154 valence electrons. The summed E-state index contributed by atoms with van der Waals surface area (Å²) in [5.41, 5.74) is 1.65. The Hall–Kier alpha value is -3.64. The Kier molecular flexibility index (Phi) is 6.49. The van der Waals surface area contributed by atoms with Gasteiger partial charge in [-0.1, -0.05) is 18.2 Å². The molecule has 1 aliphatic heterocycles. The fourth-order valence-electron chi connectivity index (χ4n) is 3.12. The molecule has 0 atom stereocenters. The number of amides is 1. The number of hydrogen-bond donors (Lipinski definition) is 1. The molecule has 1 aliphatic rings. The minimum Gasteiger partial charge on any atom is -0.457 e. The molecule has 0 saturated carbocycles. The Morgan fingerprint density at radius 1 is 1.10 bits per heavy atom. The van der Waals surface area contributed by atoms with E-state index in [9.17, 15) is 19.6 Å². The van der Waals surface area contributed by atoms with E-state index in [-0.39, 0.29) is 24.4 Å². The van der Waals surface area contributed by atoms with Gasteiger partial charge in [-0.2, -0.15) is 5.26 Å². The van der Waals surface area contributed by atoms with Crippen LogP contribution in [0.3, 0.4) is 0 Å². The minimum absolute atomic E-state index is 0.0753. The van der Waals surface area contributed by atoms with Crippen LogP contribution < -0.4 is 15.1 Å². The summed E-state index contributed by atoms with van der Waals surface area (Å²) in [6.07, 6.45) is -0.0753. The van der Waals surface area contributed by atoms with Crippen LogP contribution in [0.4, 0.5) is 11.4 Å². The zero-order valence-corrected chi connectivity index (χ0v) is 17.4. The fourth-order valence-corrected chi connectivity index (χ4v) is 3.76. The molecular weight excluding hydrogens is 404 g/mol. The molecule has 0 bridgehead atoms. The lowest BCUT2D eigenvalue weighted by Crippen LogP contribution is -2.28. The number of hydrogen-bond acceptors (Lipinski definition) is 8. The smallest absolute Gasteiger partial charge is 0.308 e. The first-order valence-corrected chi connectivity index (χ1v) is 10.0. The predicted molar refractivity (Wildman–Crippen MR) is 113 cm³/mol. The zero-order chi connectivity index (χ0) is 21.7. The van der Waals surface area contributed by atoms with Crippen LogP contribution in [-0.2, 0) is 14.3 Å². The van der Waals surface area contributed by atoms with Gasteiger partial charge >= 0.3 is 5.97 Å². The fraction of sp³-hybridized carbons (Fsp3) is 0.238. The monoisotopic (exact) mass is 424 g/mol. The minimum atomic E-state index is -0.631. The van der Waals surface area contributed by atoms with Gasteiger partial charge in [-0.15, -0.1) is 11.3 Å². The molecule has 0 unspecified atom stereocenters. The van der Waals surface area contributed by atoms with Crippen molar-refractivity contribution in [2.24, 2.45) is 0 Å². The highest BCUT2D eigenvalue weighted by atomic mass is 32.1. The molecule has 1 N–H and O–H groups in total. The van der Waals surface area contributed by atoms with Gasteiger partial charge in [-0.3, -0.25) is 14.4 Å². The molecule has 2 heterocycles.